The number of anilines is 1. The Bertz CT molecular complexity index is 1180. The zero-order valence-corrected chi connectivity index (χ0v) is 16.7. The molecule has 4 amide bonds. The molecule has 32 heavy (non-hydrogen) atoms. The molecule has 0 radical (unpaired) electrons. The van der Waals surface area contributed by atoms with Gasteiger partial charge in [0.2, 0.25) is 0 Å². The summed E-state index contributed by atoms with van der Waals surface area (Å²) in [7, 11) is 0. The van der Waals surface area contributed by atoms with E-state index in [0.717, 1.165) is 10.5 Å². The van der Waals surface area contributed by atoms with Gasteiger partial charge in [-0.25, -0.2) is 4.79 Å². The number of amides is 4. The van der Waals surface area contributed by atoms with Crippen LogP contribution in [0.4, 0.5) is 16.2 Å². The Labute approximate surface area is 182 Å². The summed E-state index contributed by atoms with van der Waals surface area (Å²) < 4.78 is 0. The molecule has 3 aromatic carbocycles. The van der Waals surface area contributed by atoms with Crippen molar-refractivity contribution in [2.24, 2.45) is 0 Å². The van der Waals surface area contributed by atoms with E-state index in [1.165, 1.54) is 24.3 Å². The molecule has 1 atom stereocenters. The number of hydrogen-bond donors (Lipinski definition) is 2. The number of nitro groups is 1. The molecule has 9 nitrogen and oxygen atoms in total. The highest BCUT2D eigenvalue weighted by molar-refractivity contribution is 6.21. The largest absolute Gasteiger partial charge is 0.320 e. The average Bonchev–Trinajstić information content (AvgIpc) is 3.04. The van der Waals surface area contributed by atoms with Gasteiger partial charge in [0, 0.05) is 24.2 Å². The average molecular weight is 430 g/mol. The lowest BCUT2D eigenvalue weighted by atomic mass is 10.1. The van der Waals surface area contributed by atoms with Crippen molar-refractivity contribution >= 4 is 29.2 Å². The summed E-state index contributed by atoms with van der Waals surface area (Å²) in [6.07, 6.45) is -0.780. The molecule has 1 unspecified atom stereocenters. The number of fused-ring (bicyclic) bond motifs is 1. The van der Waals surface area contributed by atoms with Gasteiger partial charge in [-0.2, -0.15) is 0 Å². The van der Waals surface area contributed by atoms with Crippen LogP contribution < -0.4 is 10.6 Å². The molecule has 9 heteroatoms. The predicted molar refractivity (Wildman–Crippen MR) is 116 cm³/mol. The second-order valence-electron chi connectivity index (χ2n) is 7.14. The van der Waals surface area contributed by atoms with Crippen LogP contribution in [0.15, 0.2) is 78.9 Å². The highest BCUT2D eigenvalue weighted by Gasteiger charge is 2.40. The lowest BCUT2D eigenvalue weighted by Gasteiger charge is -2.27. The molecule has 4 rings (SSSR count). The molecule has 0 saturated carbocycles. The van der Waals surface area contributed by atoms with Crippen LogP contribution in [-0.2, 0) is 6.42 Å². The fourth-order valence-electron chi connectivity index (χ4n) is 3.55. The van der Waals surface area contributed by atoms with Gasteiger partial charge >= 0.3 is 6.03 Å². The predicted octanol–water partition coefficient (Wildman–Crippen LogP) is 3.58. The Morgan fingerprint density at radius 3 is 2.16 bits per heavy atom. The van der Waals surface area contributed by atoms with E-state index in [0.29, 0.717) is 0 Å². The van der Waals surface area contributed by atoms with E-state index in [1.807, 2.05) is 30.3 Å². The summed E-state index contributed by atoms with van der Waals surface area (Å²) >= 11 is 0. The van der Waals surface area contributed by atoms with Crippen LogP contribution in [0.25, 0.3) is 0 Å². The van der Waals surface area contributed by atoms with Crippen molar-refractivity contribution in [3.8, 4) is 0 Å². The third kappa shape index (κ3) is 4.17. The molecule has 1 aliphatic heterocycles. The summed E-state index contributed by atoms with van der Waals surface area (Å²) in [5.74, 6) is -0.996. The molecule has 1 heterocycles. The maximum absolute atomic E-state index is 13.0. The SMILES string of the molecule is O=C(Nc1cccc([N+](=O)[O-])c1)NC(Cc1ccccc1)N1C(=O)c2ccccc2C1=O. The normalized spacial score (nSPS) is 13.4. The van der Waals surface area contributed by atoms with Gasteiger partial charge in [-0.3, -0.25) is 24.6 Å². The van der Waals surface area contributed by atoms with Crippen LogP contribution in [0.2, 0.25) is 0 Å². The number of carbonyl (C=O) groups is 3. The van der Waals surface area contributed by atoms with Gasteiger partial charge in [-0.05, 0) is 23.8 Å². The number of nitrogens with zero attached hydrogens (tertiary/aromatic N) is 2. The van der Waals surface area contributed by atoms with Crippen molar-refractivity contribution in [3.05, 3.63) is 106 Å². The number of nitrogens with one attached hydrogen (secondary N) is 2. The number of carbonyl (C=O) groups excluding carboxylic acids is 3. The number of hydrogen-bond acceptors (Lipinski definition) is 5. The number of nitro benzene ring substituents is 1. The number of rotatable bonds is 6. The van der Waals surface area contributed by atoms with Crippen LogP contribution in [0, 0.1) is 10.1 Å². The maximum Gasteiger partial charge on any atom is 0.320 e. The van der Waals surface area contributed by atoms with Gasteiger partial charge in [0.05, 0.1) is 16.1 Å². The summed E-state index contributed by atoms with van der Waals surface area (Å²) in [5.41, 5.74) is 1.39. The number of benzene rings is 3. The maximum atomic E-state index is 13.0. The highest BCUT2D eigenvalue weighted by Crippen LogP contribution is 2.25. The molecule has 1 aliphatic rings. The quantitative estimate of drug-likeness (QED) is 0.352. The van der Waals surface area contributed by atoms with Crippen LogP contribution in [0.3, 0.4) is 0 Å². The number of urea groups is 1. The molecule has 0 spiro atoms. The standard InChI is InChI=1S/C23H18N4O5/c28-21-18-11-4-5-12-19(18)22(29)26(21)20(13-15-7-2-1-3-8-15)25-23(30)24-16-9-6-10-17(14-16)27(31)32/h1-12,14,20H,13H2,(H2,24,25,30). The van der Waals surface area contributed by atoms with E-state index in [4.69, 9.17) is 0 Å². The third-order valence-corrected chi connectivity index (χ3v) is 5.02. The van der Waals surface area contributed by atoms with E-state index in [1.54, 1.807) is 24.3 Å². The Hall–Kier alpha value is -4.53. The minimum atomic E-state index is -0.969. The Morgan fingerprint density at radius 1 is 0.906 bits per heavy atom. The van der Waals surface area contributed by atoms with Crippen LogP contribution >= 0.6 is 0 Å². The van der Waals surface area contributed by atoms with Gasteiger partial charge in [0.1, 0.15) is 6.17 Å². The zero-order chi connectivity index (χ0) is 22.7. The Balaban J connectivity index is 1.58. The summed E-state index contributed by atoms with van der Waals surface area (Å²) in [6.45, 7) is 0. The van der Waals surface area contributed by atoms with E-state index in [2.05, 4.69) is 10.6 Å². The Morgan fingerprint density at radius 2 is 1.53 bits per heavy atom. The monoisotopic (exact) mass is 430 g/mol. The molecule has 2 N–H and O–H groups in total. The van der Waals surface area contributed by atoms with E-state index < -0.39 is 28.9 Å². The summed E-state index contributed by atoms with van der Waals surface area (Å²) in [4.78, 5) is 50.0. The number of non-ortho nitro benzene ring substituents is 1. The van der Waals surface area contributed by atoms with Crippen molar-refractivity contribution in [2.45, 2.75) is 12.6 Å². The van der Waals surface area contributed by atoms with Crippen molar-refractivity contribution in [3.63, 3.8) is 0 Å². The molecule has 3 aromatic rings. The fraction of sp³-hybridized carbons (Fsp3) is 0.0870. The van der Waals surface area contributed by atoms with Gasteiger partial charge in [0.15, 0.2) is 0 Å². The second kappa shape index (κ2) is 8.68. The highest BCUT2D eigenvalue weighted by atomic mass is 16.6. The minimum absolute atomic E-state index is 0.177. The smallest absolute Gasteiger partial charge is 0.317 e. The van der Waals surface area contributed by atoms with E-state index >= 15 is 0 Å². The van der Waals surface area contributed by atoms with Crippen molar-refractivity contribution in [1.29, 1.82) is 0 Å². The lowest BCUT2D eigenvalue weighted by Crippen LogP contribution is -2.53. The Kier molecular flexibility index (Phi) is 5.63. The summed E-state index contributed by atoms with van der Waals surface area (Å²) in [5, 5.41) is 16.2. The summed E-state index contributed by atoms with van der Waals surface area (Å²) in [6, 6.07) is 20.4. The lowest BCUT2D eigenvalue weighted by molar-refractivity contribution is -0.384. The van der Waals surface area contributed by atoms with Crippen molar-refractivity contribution in [2.75, 3.05) is 5.32 Å². The van der Waals surface area contributed by atoms with Crippen LogP contribution in [0.5, 0.6) is 0 Å². The van der Waals surface area contributed by atoms with Crippen LogP contribution in [0.1, 0.15) is 26.3 Å². The molecule has 160 valence electrons. The molecule has 0 aliphatic carbocycles. The molecular weight excluding hydrogens is 412 g/mol. The van der Waals surface area contributed by atoms with Crippen molar-refractivity contribution < 1.29 is 19.3 Å². The first-order valence-electron chi connectivity index (χ1n) is 9.77. The van der Waals surface area contributed by atoms with Crippen molar-refractivity contribution in [1.82, 2.24) is 10.2 Å². The first-order valence-corrected chi connectivity index (χ1v) is 9.77. The zero-order valence-electron chi connectivity index (χ0n) is 16.7. The third-order valence-electron chi connectivity index (χ3n) is 5.02. The molecule has 0 aromatic heterocycles. The molecular formula is C23H18N4O5. The van der Waals surface area contributed by atoms with Gasteiger partial charge in [0.25, 0.3) is 17.5 Å². The second-order valence-corrected chi connectivity index (χ2v) is 7.14. The first kappa shape index (κ1) is 20.7. The van der Waals surface area contributed by atoms with E-state index in [9.17, 15) is 24.5 Å². The molecule has 0 bridgehead atoms. The topological polar surface area (TPSA) is 122 Å². The fourth-order valence-corrected chi connectivity index (χ4v) is 3.55. The molecule has 0 fully saturated rings. The van der Waals surface area contributed by atoms with E-state index in [-0.39, 0.29) is 28.9 Å². The van der Waals surface area contributed by atoms with Crippen LogP contribution in [-0.4, -0.2) is 33.8 Å². The van der Waals surface area contributed by atoms with Gasteiger partial charge in [-0.15, -0.1) is 0 Å². The van der Waals surface area contributed by atoms with Gasteiger partial charge < -0.3 is 10.6 Å². The minimum Gasteiger partial charge on any atom is -0.317 e. The number of imide groups is 1. The first-order chi connectivity index (χ1) is 15.4. The molecule has 0 saturated heterocycles. The van der Waals surface area contributed by atoms with Gasteiger partial charge in [-0.1, -0.05) is 48.5 Å².